The molecule has 0 aromatic carbocycles. The summed E-state index contributed by atoms with van der Waals surface area (Å²) in [5.41, 5.74) is 1.03. The molecule has 0 saturated heterocycles. The minimum atomic E-state index is -0.366. The van der Waals surface area contributed by atoms with Crippen molar-refractivity contribution >= 4 is 28.3 Å². The zero-order valence-corrected chi connectivity index (χ0v) is 11.6. The molecular formula is C11H13N5O3S. The van der Waals surface area contributed by atoms with Gasteiger partial charge in [-0.15, -0.1) is 11.3 Å². The number of nitrogens with one attached hydrogen (secondary N) is 2. The number of nitrogens with zero attached hydrogens (tertiary/aromatic N) is 3. The number of thiazole rings is 1. The van der Waals surface area contributed by atoms with Gasteiger partial charge in [-0.3, -0.25) is 14.9 Å². The summed E-state index contributed by atoms with van der Waals surface area (Å²) in [5.74, 6) is -0.603. The fraction of sp³-hybridized carbons (Fsp3) is 0.364. The summed E-state index contributed by atoms with van der Waals surface area (Å²) in [5, 5.41) is 14.6. The van der Waals surface area contributed by atoms with Crippen LogP contribution in [0.25, 0.3) is 0 Å². The van der Waals surface area contributed by atoms with Gasteiger partial charge >= 0.3 is 5.97 Å². The van der Waals surface area contributed by atoms with E-state index in [9.17, 15) is 9.59 Å². The number of methoxy groups -OCH3 is 1. The molecule has 0 aliphatic carbocycles. The van der Waals surface area contributed by atoms with E-state index in [4.69, 9.17) is 0 Å². The minimum absolute atomic E-state index is 0.201. The Balaban J connectivity index is 1.83. The van der Waals surface area contributed by atoms with Gasteiger partial charge in [0.1, 0.15) is 0 Å². The number of carbonyl (C=O) groups is 2. The van der Waals surface area contributed by atoms with Crippen LogP contribution in [0.3, 0.4) is 0 Å². The Hall–Kier alpha value is -2.29. The average molecular weight is 295 g/mol. The highest BCUT2D eigenvalue weighted by molar-refractivity contribution is 7.13. The lowest BCUT2D eigenvalue weighted by Crippen LogP contribution is -2.12. The number of anilines is 1. The molecule has 20 heavy (non-hydrogen) atoms. The first-order valence-electron chi connectivity index (χ1n) is 5.87. The first-order valence-corrected chi connectivity index (χ1v) is 6.75. The van der Waals surface area contributed by atoms with Gasteiger partial charge in [0.05, 0.1) is 19.0 Å². The molecule has 1 amide bonds. The standard InChI is InChI=1S/C11H13N5O3S/c1-19-9(17)4-2-3-7-6-20-11(13-7)14-10(18)8-5-12-16-15-8/h5-6H,2-4H2,1H3,(H,12,15,16)(H,13,14,18). The first kappa shape index (κ1) is 14.1. The monoisotopic (exact) mass is 295 g/mol. The summed E-state index contributed by atoms with van der Waals surface area (Å²) >= 11 is 1.32. The highest BCUT2D eigenvalue weighted by Gasteiger charge is 2.11. The van der Waals surface area contributed by atoms with Gasteiger partial charge in [0.2, 0.25) is 0 Å². The van der Waals surface area contributed by atoms with Crippen molar-refractivity contribution < 1.29 is 14.3 Å². The largest absolute Gasteiger partial charge is 0.469 e. The Morgan fingerprint density at radius 3 is 3.05 bits per heavy atom. The van der Waals surface area contributed by atoms with E-state index in [1.807, 2.05) is 5.38 Å². The van der Waals surface area contributed by atoms with Gasteiger partial charge < -0.3 is 4.74 Å². The number of esters is 1. The van der Waals surface area contributed by atoms with Crippen LogP contribution in [0.4, 0.5) is 5.13 Å². The van der Waals surface area contributed by atoms with Gasteiger partial charge in [-0.25, -0.2) is 4.98 Å². The van der Waals surface area contributed by atoms with E-state index >= 15 is 0 Å². The summed E-state index contributed by atoms with van der Waals surface area (Å²) in [6.07, 6.45) is 3.01. The zero-order valence-electron chi connectivity index (χ0n) is 10.8. The molecule has 2 heterocycles. The first-order chi connectivity index (χ1) is 9.69. The van der Waals surface area contributed by atoms with Crippen molar-refractivity contribution in [2.75, 3.05) is 12.4 Å². The summed E-state index contributed by atoms with van der Waals surface area (Å²) in [7, 11) is 1.36. The maximum absolute atomic E-state index is 11.7. The molecule has 0 saturated carbocycles. The smallest absolute Gasteiger partial charge is 0.305 e. The van der Waals surface area contributed by atoms with Crippen molar-refractivity contribution in [3.63, 3.8) is 0 Å². The molecule has 0 fully saturated rings. The van der Waals surface area contributed by atoms with Crippen LogP contribution in [0.1, 0.15) is 29.0 Å². The molecule has 2 N–H and O–H groups in total. The molecule has 2 aromatic rings. The quantitative estimate of drug-likeness (QED) is 0.770. The fourth-order valence-electron chi connectivity index (χ4n) is 1.47. The molecule has 8 nitrogen and oxygen atoms in total. The lowest BCUT2D eigenvalue weighted by Gasteiger charge is -1.98. The number of aromatic amines is 1. The van der Waals surface area contributed by atoms with Crippen molar-refractivity contribution in [2.24, 2.45) is 0 Å². The number of amides is 1. The van der Waals surface area contributed by atoms with Crippen LogP contribution in [0.15, 0.2) is 11.6 Å². The van der Waals surface area contributed by atoms with Crippen molar-refractivity contribution in [1.82, 2.24) is 20.4 Å². The zero-order chi connectivity index (χ0) is 14.4. The number of hydrogen-bond donors (Lipinski definition) is 2. The highest BCUT2D eigenvalue weighted by Crippen LogP contribution is 2.17. The Bertz CT molecular complexity index is 581. The molecule has 9 heteroatoms. The number of carbonyl (C=O) groups excluding carboxylic acids is 2. The van der Waals surface area contributed by atoms with Gasteiger partial charge in [-0.1, -0.05) is 0 Å². The Labute approximate surface area is 118 Å². The van der Waals surface area contributed by atoms with Crippen molar-refractivity contribution in [1.29, 1.82) is 0 Å². The second kappa shape index (κ2) is 6.75. The summed E-state index contributed by atoms with van der Waals surface area (Å²) < 4.78 is 4.56. The van der Waals surface area contributed by atoms with Gasteiger partial charge in [0.15, 0.2) is 10.8 Å². The molecule has 0 spiro atoms. The maximum atomic E-state index is 11.7. The highest BCUT2D eigenvalue weighted by atomic mass is 32.1. The molecular weight excluding hydrogens is 282 g/mol. The second-order valence-corrected chi connectivity index (χ2v) is 4.74. The third-order valence-electron chi connectivity index (χ3n) is 2.46. The van der Waals surface area contributed by atoms with E-state index in [1.54, 1.807) is 0 Å². The molecule has 0 aliphatic rings. The molecule has 0 radical (unpaired) electrons. The van der Waals surface area contributed by atoms with E-state index in [1.165, 1.54) is 24.6 Å². The summed E-state index contributed by atoms with van der Waals surface area (Å²) in [6.45, 7) is 0. The minimum Gasteiger partial charge on any atom is -0.469 e. The second-order valence-electron chi connectivity index (χ2n) is 3.88. The van der Waals surface area contributed by atoms with Crippen LogP contribution in [0.2, 0.25) is 0 Å². The van der Waals surface area contributed by atoms with E-state index in [-0.39, 0.29) is 17.6 Å². The SMILES string of the molecule is COC(=O)CCCc1csc(NC(=O)c2cn[nH]n2)n1. The van der Waals surface area contributed by atoms with E-state index < -0.39 is 0 Å². The summed E-state index contributed by atoms with van der Waals surface area (Å²) in [6, 6.07) is 0. The van der Waals surface area contributed by atoms with Gasteiger partial charge in [-0.2, -0.15) is 15.4 Å². The average Bonchev–Trinajstić information content (AvgIpc) is 3.10. The number of hydrogen-bond acceptors (Lipinski definition) is 7. The van der Waals surface area contributed by atoms with Gasteiger partial charge in [-0.05, 0) is 12.8 Å². The van der Waals surface area contributed by atoms with Crippen LogP contribution in [0, 0.1) is 0 Å². The van der Waals surface area contributed by atoms with Gasteiger partial charge in [0, 0.05) is 11.8 Å². The van der Waals surface area contributed by atoms with E-state index in [0.29, 0.717) is 24.4 Å². The third kappa shape index (κ3) is 3.85. The molecule has 0 bridgehead atoms. The summed E-state index contributed by atoms with van der Waals surface area (Å²) in [4.78, 5) is 26.9. The van der Waals surface area contributed by atoms with E-state index in [0.717, 1.165) is 5.69 Å². The fourth-order valence-corrected chi connectivity index (χ4v) is 2.21. The van der Waals surface area contributed by atoms with Crippen molar-refractivity contribution in [3.8, 4) is 0 Å². The van der Waals surface area contributed by atoms with Crippen LogP contribution < -0.4 is 5.32 Å². The Morgan fingerprint density at radius 2 is 2.35 bits per heavy atom. The lowest BCUT2D eigenvalue weighted by atomic mass is 10.2. The Kier molecular flexibility index (Phi) is 4.77. The van der Waals surface area contributed by atoms with Crippen LogP contribution in [-0.2, 0) is 16.0 Å². The predicted molar refractivity (Wildman–Crippen MR) is 71.4 cm³/mol. The van der Waals surface area contributed by atoms with Gasteiger partial charge in [0.25, 0.3) is 5.91 Å². The molecule has 106 valence electrons. The molecule has 2 aromatic heterocycles. The molecule has 0 aliphatic heterocycles. The van der Waals surface area contributed by atoms with Crippen LogP contribution in [-0.4, -0.2) is 39.4 Å². The van der Waals surface area contributed by atoms with Crippen LogP contribution >= 0.6 is 11.3 Å². The normalized spacial score (nSPS) is 10.2. The number of aromatic nitrogens is 4. The number of ether oxygens (including phenoxy) is 1. The molecule has 0 atom stereocenters. The molecule has 2 rings (SSSR count). The third-order valence-corrected chi connectivity index (χ3v) is 3.27. The van der Waals surface area contributed by atoms with Crippen LogP contribution in [0.5, 0.6) is 0 Å². The molecule has 0 unspecified atom stereocenters. The number of rotatable bonds is 6. The predicted octanol–water partition coefficient (Wildman–Crippen LogP) is 1.01. The maximum Gasteiger partial charge on any atom is 0.305 e. The number of H-pyrrole nitrogens is 1. The number of aryl methyl sites for hydroxylation is 1. The van der Waals surface area contributed by atoms with Crippen molar-refractivity contribution in [3.05, 3.63) is 23.0 Å². The van der Waals surface area contributed by atoms with E-state index in [2.05, 4.69) is 30.4 Å². The topological polar surface area (TPSA) is 110 Å². The van der Waals surface area contributed by atoms with Crippen molar-refractivity contribution in [2.45, 2.75) is 19.3 Å². The Morgan fingerprint density at radius 1 is 1.50 bits per heavy atom. The lowest BCUT2D eigenvalue weighted by molar-refractivity contribution is -0.140.